The zero-order valence-electron chi connectivity index (χ0n) is 12.3. The fourth-order valence-electron chi connectivity index (χ4n) is 3.62. The van der Waals surface area contributed by atoms with E-state index in [1.807, 2.05) is 0 Å². The predicted molar refractivity (Wildman–Crippen MR) is 78.6 cm³/mol. The molecule has 0 saturated carbocycles. The van der Waals surface area contributed by atoms with Crippen LogP contribution in [0.1, 0.15) is 42.5 Å². The molecule has 3 nitrogen and oxygen atoms in total. The van der Waals surface area contributed by atoms with Crippen LogP contribution >= 0.6 is 0 Å². The van der Waals surface area contributed by atoms with Gasteiger partial charge in [-0.3, -0.25) is 4.90 Å². The lowest BCUT2D eigenvalue weighted by molar-refractivity contribution is 0.00738. The van der Waals surface area contributed by atoms with E-state index in [0.29, 0.717) is 24.1 Å². The smallest absolute Gasteiger partial charge is 0.338 e. The molecule has 4 heteroatoms. The Morgan fingerprint density at radius 3 is 2.71 bits per heavy atom. The Bertz CT molecular complexity index is 486. The highest BCUT2D eigenvalue weighted by molar-refractivity contribution is 5.89. The van der Waals surface area contributed by atoms with Crippen molar-refractivity contribution in [3.8, 4) is 0 Å². The predicted octanol–water partition coefficient (Wildman–Crippen LogP) is 3.25. The van der Waals surface area contributed by atoms with Gasteiger partial charge in [0.25, 0.3) is 0 Å². The van der Waals surface area contributed by atoms with Gasteiger partial charge < -0.3 is 4.74 Å². The van der Waals surface area contributed by atoms with E-state index in [1.165, 1.54) is 63.0 Å². The number of nitrogens with zero attached hydrogens (tertiary/aromatic N) is 1. The van der Waals surface area contributed by atoms with Crippen LogP contribution in [0.5, 0.6) is 0 Å². The van der Waals surface area contributed by atoms with Gasteiger partial charge in [0.15, 0.2) is 0 Å². The molecule has 0 unspecified atom stereocenters. The van der Waals surface area contributed by atoms with Crippen molar-refractivity contribution in [1.29, 1.82) is 0 Å². The SMILES string of the molecule is O=C(OC[C@@H]1CCCN2CCCC[C@@H]12)c1ccc(F)cc1. The van der Waals surface area contributed by atoms with Crippen molar-refractivity contribution in [3.05, 3.63) is 35.6 Å². The molecule has 0 N–H and O–H groups in total. The van der Waals surface area contributed by atoms with Gasteiger partial charge in [-0.25, -0.2) is 9.18 Å². The Morgan fingerprint density at radius 2 is 1.90 bits per heavy atom. The van der Waals surface area contributed by atoms with Crippen LogP contribution in [0.3, 0.4) is 0 Å². The molecule has 0 bridgehead atoms. The summed E-state index contributed by atoms with van der Waals surface area (Å²) in [6, 6.07) is 6.12. The quantitative estimate of drug-likeness (QED) is 0.801. The summed E-state index contributed by atoms with van der Waals surface area (Å²) in [4.78, 5) is 14.6. The largest absolute Gasteiger partial charge is 0.462 e. The molecular weight excluding hydrogens is 269 g/mol. The first-order chi connectivity index (χ1) is 10.2. The number of halogens is 1. The van der Waals surface area contributed by atoms with Gasteiger partial charge in [0, 0.05) is 12.0 Å². The average Bonchev–Trinajstić information content (AvgIpc) is 2.53. The Labute approximate surface area is 125 Å². The minimum atomic E-state index is -0.345. The van der Waals surface area contributed by atoms with Crippen LogP contribution in [0.25, 0.3) is 0 Å². The van der Waals surface area contributed by atoms with E-state index >= 15 is 0 Å². The number of fused-ring (bicyclic) bond motifs is 1. The highest BCUT2D eigenvalue weighted by atomic mass is 19.1. The molecular formula is C17H22FNO2. The summed E-state index contributed by atoms with van der Waals surface area (Å²) in [5.74, 6) is -0.233. The number of piperidine rings is 2. The third-order valence-electron chi connectivity index (χ3n) is 4.74. The topological polar surface area (TPSA) is 29.5 Å². The Morgan fingerprint density at radius 1 is 1.14 bits per heavy atom. The Kier molecular flexibility index (Phi) is 4.54. The molecule has 0 amide bonds. The molecule has 21 heavy (non-hydrogen) atoms. The van der Waals surface area contributed by atoms with Gasteiger partial charge in [0.2, 0.25) is 0 Å². The summed E-state index contributed by atoms with van der Waals surface area (Å²) in [5.41, 5.74) is 0.424. The number of benzene rings is 1. The van der Waals surface area contributed by atoms with Gasteiger partial charge in [-0.05, 0) is 63.0 Å². The maximum absolute atomic E-state index is 12.9. The molecule has 0 aromatic heterocycles. The number of hydrogen-bond acceptors (Lipinski definition) is 3. The lowest BCUT2D eigenvalue weighted by Crippen LogP contribution is -2.49. The van der Waals surface area contributed by atoms with Crippen LogP contribution in [0.4, 0.5) is 4.39 Å². The minimum Gasteiger partial charge on any atom is -0.462 e. The summed E-state index contributed by atoms with van der Waals surface area (Å²) in [6.07, 6.45) is 6.12. The number of ether oxygens (including phenoxy) is 1. The summed E-state index contributed by atoms with van der Waals surface area (Å²) in [5, 5.41) is 0. The van der Waals surface area contributed by atoms with Crippen LogP contribution in [0.2, 0.25) is 0 Å². The lowest BCUT2D eigenvalue weighted by atomic mass is 9.84. The van der Waals surface area contributed by atoms with E-state index in [0.717, 1.165) is 6.42 Å². The van der Waals surface area contributed by atoms with Gasteiger partial charge in [-0.2, -0.15) is 0 Å². The number of rotatable bonds is 3. The molecule has 1 aromatic rings. The van der Waals surface area contributed by atoms with Crippen LogP contribution in [0.15, 0.2) is 24.3 Å². The standard InChI is InChI=1S/C17H22FNO2/c18-15-8-6-13(7-9-15)17(20)21-12-14-4-3-11-19-10-2-1-5-16(14)19/h6-9,14,16H,1-5,10-12H2/t14-,16-/m0/s1. The van der Waals surface area contributed by atoms with Crippen LogP contribution in [-0.2, 0) is 4.74 Å². The monoisotopic (exact) mass is 291 g/mol. The van der Waals surface area contributed by atoms with Crippen molar-refractivity contribution in [3.63, 3.8) is 0 Å². The fourth-order valence-corrected chi connectivity index (χ4v) is 3.62. The number of carbonyl (C=O) groups excluding carboxylic acids is 1. The van der Waals surface area contributed by atoms with Crippen LogP contribution in [0, 0.1) is 11.7 Å². The van der Waals surface area contributed by atoms with Gasteiger partial charge in [0.05, 0.1) is 12.2 Å². The van der Waals surface area contributed by atoms with Crippen molar-refractivity contribution in [2.45, 2.75) is 38.1 Å². The highest BCUT2D eigenvalue weighted by Crippen LogP contribution is 2.31. The zero-order valence-corrected chi connectivity index (χ0v) is 12.3. The summed E-state index contributed by atoms with van der Waals surface area (Å²) in [6.45, 7) is 2.86. The number of esters is 1. The second-order valence-corrected chi connectivity index (χ2v) is 6.11. The fraction of sp³-hybridized carbons (Fsp3) is 0.588. The summed E-state index contributed by atoms with van der Waals surface area (Å²) in [7, 11) is 0. The third kappa shape index (κ3) is 3.43. The molecule has 2 saturated heterocycles. The second-order valence-electron chi connectivity index (χ2n) is 6.11. The van der Waals surface area contributed by atoms with E-state index in [2.05, 4.69) is 4.90 Å². The molecule has 0 radical (unpaired) electrons. The summed E-state index contributed by atoms with van der Waals surface area (Å²) < 4.78 is 18.3. The molecule has 0 aliphatic carbocycles. The molecule has 2 aliphatic rings. The lowest BCUT2D eigenvalue weighted by Gasteiger charge is -2.44. The zero-order chi connectivity index (χ0) is 14.7. The molecule has 2 fully saturated rings. The highest BCUT2D eigenvalue weighted by Gasteiger charge is 2.33. The molecule has 3 rings (SSSR count). The third-order valence-corrected chi connectivity index (χ3v) is 4.74. The summed E-state index contributed by atoms with van der Waals surface area (Å²) >= 11 is 0. The van der Waals surface area contributed by atoms with Crippen LogP contribution in [-0.4, -0.2) is 36.6 Å². The molecule has 114 valence electrons. The number of hydrogen-bond donors (Lipinski definition) is 0. The maximum Gasteiger partial charge on any atom is 0.338 e. The van der Waals surface area contributed by atoms with Gasteiger partial charge in [-0.15, -0.1) is 0 Å². The van der Waals surface area contributed by atoms with Crippen molar-refractivity contribution in [2.24, 2.45) is 5.92 Å². The van der Waals surface area contributed by atoms with Crippen LogP contribution < -0.4 is 0 Å². The molecule has 2 aliphatic heterocycles. The normalized spacial score (nSPS) is 26.1. The maximum atomic E-state index is 12.9. The molecule has 2 heterocycles. The molecule has 1 aromatic carbocycles. The van der Waals surface area contributed by atoms with E-state index < -0.39 is 0 Å². The minimum absolute atomic E-state index is 0.336. The van der Waals surface area contributed by atoms with E-state index in [1.54, 1.807) is 0 Å². The first kappa shape index (κ1) is 14.5. The van der Waals surface area contributed by atoms with Gasteiger partial charge >= 0.3 is 5.97 Å². The van der Waals surface area contributed by atoms with E-state index in [4.69, 9.17) is 4.74 Å². The first-order valence-corrected chi connectivity index (χ1v) is 7.91. The molecule has 2 atom stereocenters. The first-order valence-electron chi connectivity index (χ1n) is 7.91. The Balaban J connectivity index is 1.56. The van der Waals surface area contributed by atoms with Crippen molar-refractivity contribution >= 4 is 5.97 Å². The second kappa shape index (κ2) is 6.56. The van der Waals surface area contributed by atoms with Gasteiger partial charge in [0.1, 0.15) is 5.82 Å². The van der Waals surface area contributed by atoms with E-state index in [-0.39, 0.29) is 11.8 Å². The Hall–Kier alpha value is -1.42. The van der Waals surface area contributed by atoms with Crippen molar-refractivity contribution in [1.82, 2.24) is 4.90 Å². The van der Waals surface area contributed by atoms with Crippen molar-refractivity contribution < 1.29 is 13.9 Å². The van der Waals surface area contributed by atoms with Gasteiger partial charge in [-0.1, -0.05) is 6.42 Å². The number of carbonyl (C=O) groups is 1. The average molecular weight is 291 g/mol. The molecule has 0 spiro atoms. The van der Waals surface area contributed by atoms with Crippen molar-refractivity contribution in [2.75, 3.05) is 19.7 Å². The van der Waals surface area contributed by atoms with E-state index in [9.17, 15) is 9.18 Å².